The van der Waals surface area contributed by atoms with Crippen molar-refractivity contribution in [2.24, 2.45) is 0 Å². The van der Waals surface area contributed by atoms with Crippen LogP contribution < -0.4 is 10.6 Å². The number of nitrogens with one attached hydrogen (secondary N) is 2. The number of carbonyl (C=O) groups is 2. The molecule has 3 rings (SSSR count). The van der Waals surface area contributed by atoms with E-state index < -0.39 is 5.25 Å². The molecule has 27 heavy (non-hydrogen) atoms. The molecule has 0 saturated heterocycles. The summed E-state index contributed by atoms with van der Waals surface area (Å²) < 4.78 is 2.18. The summed E-state index contributed by atoms with van der Waals surface area (Å²) in [5.41, 5.74) is 0. The van der Waals surface area contributed by atoms with Crippen LogP contribution >= 0.6 is 11.8 Å². The van der Waals surface area contributed by atoms with Crippen LogP contribution in [0, 0.1) is 6.92 Å². The van der Waals surface area contributed by atoms with E-state index >= 15 is 0 Å². The van der Waals surface area contributed by atoms with Gasteiger partial charge >= 0.3 is 6.03 Å². The zero-order chi connectivity index (χ0) is 19.2. The van der Waals surface area contributed by atoms with Crippen molar-refractivity contribution in [1.29, 1.82) is 0 Å². The third-order valence-corrected chi connectivity index (χ3v) is 6.66. The average Bonchev–Trinajstić information content (AvgIpc) is 3.03. The molecule has 2 fully saturated rings. The van der Waals surface area contributed by atoms with Gasteiger partial charge < -0.3 is 9.88 Å². The number of hydrogen-bond acceptors (Lipinski definition) is 5. The number of urea groups is 1. The Morgan fingerprint density at radius 1 is 1.04 bits per heavy atom. The highest BCUT2D eigenvalue weighted by molar-refractivity contribution is 8.00. The first-order valence-electron chi connectivity index (χ1n) is 10.2. The zero-order valence-corrected chi connectivity index (χ0v) is 17.2. The molecular weight excluding hydrogens is 362 g/mol. The van der Waals surface area contributed by atoms with E-state index in [9.17, 15) is 9.59 Å². The fourth-order valence-electron chi connectivity index (χ4n) is 4.08. The first-order chi connectivity index (χ1) is 13.0. The number of carbonyl (C=O) groups excluding carboxylic acids is 2. The van der Waals surface area contributed by atoms with Crippen molar-refractivity contribution in [2.45, 2.75) is 101 Å². The normalized spacial score (nSPS) is 20.2. The van der Waals surface area contributed by atoms with Crippen molar-refractivity contribution in [3.8, 4) is 0 Å². The molecular formula is C19H31N5O2S. The number of rotatable bonds is 5. The van der Waals surface area contributed by atoms with Crippen molar-refractivity contribution in [3.63, 3.8) is 0 Å². The van der Waals surface area contributed by atoms with Crippen molar-refractivity contribution < 1.29 is 9.59 Å². The van der Waals surface area contributed by atoms with Crippen molar-refractivity contribution in [1.82, 2.24) is 25.4 Å². The minimum absolute atomic E-state index is 0.187. The molecule has 1 heterocycles. The van der Waals surface area contributed by atoms with Crippen molar-refractivity contribution in [2.75, 3.05) is 0 Å². The standard InChI is InChI=1S/C19H31N5O2S/c1-13(17(25)21-18(26)20-15-9-5-3-6-10-15)27-19-23-22-14(2)24(19)16-11-7-4-8-12-16/h13,15-16H,3-12H2,1-2H3,(H2,20,21,25,26). The van der Waals surface area contributed by atoms with Gasteiger partial charge in [0.25, 0.3) is 0 Å². The van der Waals surface area contributed by atoms with Crippen LogP contribution in [-0.2, 0) is 4.79 Å². The Balaban J connectivity index is 1.54. The maximum absolute atomic E-state index is 12.4. The lowest BCUT2D eigenvalue weighted by Gasteiger charge is -2.25. The molecule has 2 aliphatic rings. The molecule has 150 valence electrons. The Morgan fingerprint density at radius 2 is 1.67 bits per heavy atom. The van der Waals surface area contributed by atoms with E-state index in [1.54, 1.807) is 0 Å². The summed E-state index contributed by atoms with van der Waals surface area (Å²) in [6, 6.07) is 0.219. The molecule has 0 aromatic carbocycles. The molecule has 1 atom stereocenters. The minimum Gasteiger partial charge on any atom is -0.335 e. The van der Waals surface area contributed by atoms with E-state index in [1.165, 1.54) is 37.4 Å². The lowest BCUT2D eigenvalue weighted by molar-refractivity contribution is -0.119. The molecule has 0 aliphatic heterocycles. The van der Waals surface area contributed by atoms with E-state index in [0.717, 1.165) is 49.5 Å². The van der Waals surface area contributed by atoms with Crippen LogP contribution in [0.4, 0.5) is 4.79 Å². The highest BCUT2D eigenvalue weighted by Crippen LogP contribution is 2.33. The van der Waals surface area contributed by atoms with E-state index in [4.69, 9.17) is 0 Å². The topological polar surface area (TPSA) is 88.9 Å². The van der Waals surface area contributed by atoms with E-state index in [2.05, 4.69) is 25.4 Å². The van der Waals surface area contributed by atoms with Gasteiger partial charge in [-0.05, 0) is 39.5 Å². The maximum Gasteiger partial charge on any atom is 0.321 e. The third kappa shape index (κ3) is 5.46. The molecule has 0 bridgehead atoms. The quantitative estimate of drug-likeness (QED) is 0.744. The van der Waals surface area contributed by atoms with Gasteiger partial charge in [0.15, 0.2) is 5.16 Å². The van der Waals surface area contributed by atoms with Gasteiger partial charge in [0, 0.05) is 12.1 Å². The van der Waals surface area contributed by atoms with Gasteiger partial charge in [0.2, 0.25) is 5.91 Å². The van der Waals surface area contributed by atoms with E-state index in [0.29, 0.717) is 6.04 Å². The van der Waals surface area contributed by atoms with Crippen LogP contribution in [0.25, 0.3) is 0 Å². The van der Waals surface area contributed by atoms with Crippen LogP contribution in [0.15, 0.2) is 5.16 Å². The first-order valence-corrected chi connectivity index (χ1v) is 11.1. The van der Waals surface area contributed by atoms with Crippen LogP contribution in [0.1, 0.15) is 83.0 Å². The highest BCUT2D eigenvalue weighted by Gasteiger charge is 2.25. The fraction of sp³-hybridized carbons (Fsp3) is 0.789. The second kappa shape index (κ2) is 9.57. The summed E-state index contributed by atoms with van der Waals surface area (Å²) in [5, 5.41) is 14.3. The Labute approximate surface area is 165 Å². The maximum atomic E-state index is 12.4. The Hall–Kier alpha value is -1.57. The third-order valence-electron chi connectivity index (χ3n) is 5.60. The molecule has 3 amide bonds. The number of aryl methyl sites for hydroxylation is 1. The van der Waals surface area contributed by atoms with E-state index in [-0.39, 0.29) is 18.0 Å². The number of aromatic nitrogens is 3. The Kier molecular flexibility index (Phi) is 7.15. The summed E-state index contributed by atoms with van der Waals surface area (Å²) in [6.45, 7) is 3.77. The lowest BCUT2D eigenvalue weighted by Crippen LogP contribution is -2.47. The molecule has 0 radical (unpaired) electrons. The summed E-state index contributed by atoms with van der Waals surface area (Å²) in [5.74, 6) is 0.608. The molecule has 0 spiro atoms. The highest BCUT2D eigenvalue weighted by atomic mass is 32.2. The van der Waals surface area contributed by atoms with Gasteiger partial charge in [0.1, 0.15) is 5.82 Å². The second-order valence-electron chi connectivity index (χ2n) is 7.75. The zero-order valence-electron chi connectivity index (χ0n) is 16.4. The number of thioether (sulfide) groups is 1. The number of nitrogens with zero attached hydrogens (tertiary/aromatic N) is 3. The van der Waals surface area contributed by atoms with Crippen LogP contribution in [-0.4, -0.2) is 38.0 Å². The van der Waals surface area contributed by atoms with Crippen molar-refractivity contribution >= 4 is 23.7 Å². The molecule has 1 aromatic heterocycles. The Morgan fingerprint density at radius 3 is 2.33 bits per heavy atom. The van der Waals surface area contributed by atoms with Crippen molar-refractivity contribution in [3.05, 3.63) is 5.82 Å². The smallest absolute Gasteiger partial charge is 0.321 e. The molecule has 8 heteroatoms. The predicted octanol–water partition coefficient (Wildman–Crippen LogP) is 3.73. The first kappa shape index (κ1) is 20.2. The number of hydrogen-bond donors (Lipinski definition) is 2. The molecule has 7 nitrogen and oxygen atoms in total. The largest absolute Gasteiger partial charge is 0.335 e. The summed E-state index contributed by atoms with van der Waals surface area (Å²) in [7, 11) is 0. The summed E-state index contributed by atoms with van der Waals surface area (Å²) in [4.78, 5) is 24.6. The summed E-state index contributed by atoms with van der Waals surface area (Å²) >= 11 is 1.38. The van der Waals surface area contributed by atoms with Crippen LogP contribution in [0.2, 0.25) is 0 Å². The van der Waals surface area contributed by atoms with Gasteiger partial charge in [-0.3, -0.25) is 10.1 Å². The molecule has 2 saturated carbocycles. The average molecular weight is 394 g/mol. The van der Waals surface area contributed by atoms with Gasteiger partial charge in [-0.1, -0.05) is 50.3 Å². The summed E-state index contributed by atoms with van der Waals surface area (Å²) in [6.07, 6.45) is 11.5. The molecule has 1 unspecified atom stereocenters. The molecule has 2 N–H and O–H groups in total. The van der Waals surface area contributed by atoms with E-state index in [1.807, 2.05) is 13.8 Å². The van der Waals surface area contributed by atoms with Crippen LogP contribution in [0.5, 0.6) is 0 Å². The molecule has 2 aliphatic carbocycles. The SMILES string of the molecule is Cc1nnc(SC(C)C(=O)NC(=O)NC2CCCCC2)n1C1CCCCC1. The lowest BCUT2D eigenvalue weighted by atomic mass is 9.95. The van der Waals surface area contributed by atoms with Crippen LogP contribution in [0.3, 0.4) is 0 Å². The van der Waals surface area contributed by atoms with Gasteiger partial charge in [0.05, 0.1) is 5.25 Å². The monoisotopic (exact) mass is 393 g/mol. The van der Waals surface area contributed by atoms with Gasteiger partial charge in [-0.25, -0.2) is 4.79 Å². The minimum atomic E-state index is -0.409. The van der Waals surface area contributed by atoms with Gasteiger partial charge in [-0.2, -0.15) is 0 Å². The predicted molar refractivity (Wildman–Crippen MR) is 106 cm³/mol. The number of imide groups is 1. The van der Waals surface area contributed by atoms with Gasteiger partial charge in [-0.15, -0.1) is 10.2 Å². The Bertz CT molecular complexity index is 651. The molecule has 1 aromatic rings. The second-order valence-corrected chi connectivity index (χ2v) is 9.06. The fourth-order valence-corrected chi connectivity index (χ4v) is 5.05. The number of amides is 3.